The van der Waals surface area contributed by atoms with E-state index in [-0.39, 0.29) is 23.5 Å². The molecule has 0 radical (unpaired) electrons. The number of imidazole rings is 1. The summed E-state index contributed by atoms with van der Waals surface area (Å²) in [6.07, 6.45) is 10.1. The minimum Gasteiger partial charge on any atom is -0.392 e. The Morgan fingerprint density at radius 1 is 1.50 bits per heavy atom. The third kappa shape index (κ3) is 3.17. The molecule has 0 bridgehead atoms. The molecule has 0 aromatic carbocycles. The predicted octanol–water partition coefficient (Wildman–Crippen LogP) is 0.671. The van der Waals surface area contributed by atoms with E-state index in [1.54, 1.807) is 23.3 Å². The second kappa shape index (κ2) is 6.38. The van der Waals surface area contributed by atoms with Crippen LogP contribution in [0.4, 0.5) is 0 Å². The molecule has 0 unspecified atom stereocenters. The lowest BCUT2D eigenvalue weighted by Crippen LogP contribution is -2.43. The number of nitrogens with one attached hydrogen (secondary N) is 2. The molecule has 1 saturated heterocycles. The van der Waals surface area contributed by atoms with Gasteiger partial charge >= 0.3 is 0 Å². The van der Waals surface area contributed by atoms with Crippen molar-refractivity contribution in [3.8, 4) is 0 Å². The lowest BCUT2D eigenvalue weighted by molar-refractivity contribution is -0.121. The van der Waals surface area contributed by atoms with Crippen molar-refractivity contribution < 1.29 is 9.90 Å². The highest BCUT2D eigenvalue weighted by Gasteiger charge is 2.48. The van der Waals surface area contributed by atoms with Crippen LogP contribution in [0.5, 0.6) is 0 Å². The fraction of sp³-hybridized carbons (Fsp3) is 0.750. The fourth-order valence-electron chi connectivity index (χ4n) is 3.97. The molecular weight excluding hydrogens is 280 g/mol. The zero-order chi connectivity index (χ0) is 15.6. The first-order valence-corrected chi connectivity index (χ1v) is 8.24. The first-order valence-electron chi connectivity index (χ1n) is 8.24. The number of aliphatic hydroxyl groups excluding tert-OH is 1. The van der Waals surface area contributed by atoms with Gasteiger partial charge in [0.15, 0.2) is 0 Å². The molecule has 1 aliphatic carbocycles. The topological polar surface area (TPSA) is 79.2 Å². The van der Waals surface area contributed by atoms with Crippen LogP contribution in [0.15, 0.2) is 18.7 Å². The molecule has 4 atom stereocenters. The first kappa shape index (κ1) is 15.5. The number of fused-ring (bicyclic) bond motifs is 1. The summed E-state index contributed by atoms with van der Waals surface area (Å²) in [6.45, 7) is 3.11. The fourth-order valence-corrected chi connectivity index (χ4v) is 3.97. The summed E-state index contributed by atoms with van der Waals surface area (Å²) in [5, 5.41) is 17.1. The second-order valence-corrected chi connectivity index (χ2v) is 6.97. The van der Waals surface area contributed by atoms with Crippen LogP contribution in [0.25, 0.3) is 0 Å². The largest absolute Gasteiger partial charge is 0.392 e. The molecule has 3 rings (SSSR count). The van der Waals surface area contributed by atoms with Gasteiger partial charge in [-0.25, -0.2) is 4.98 Å². The molecule has 1 aromatic rings. The van der Waals surface area contributed by atoms with Crippen LogP contribution in [-0.4, -0.2) is 45.3 Å². The van der Waals surface area contributed by atoms with E-state index in [1.807, 2.05) is 0 Å². The van der Waals surface area contributed by atoms with Crippen LogP contribution in [0, 0.1) is 5.41 Å². The Bertz CT molecular complexity index is 504. The summed E-state index contributed by atoms with van der Waals surface area (Å²) < 4.78 is 1.76. The van der Waals surface area contributed by atoms with Crippen molar-refractivity contribution in [3.63, 3.8) is 0 Å². The first-order chi connectivity index (χ1) is 10.6. The van der Waals surface area contributed by atoms with Gasteiger partial charge in [0.1, 0.15) is 6.54 Å². The van der Waals surface area contributed by atoms with Gasteiger partial charge in [0, 0.05) is 36.4 Å². The zero-order valence-corrected chi connectivity index (χ0v) is 13.2. The Morgan fingerprint density at radius 2 is 2.32 bits per heavy atom. The van der Waals surface area contributed by atoms with Crippen molar-refractivity contribution in [2.45, 2.75) is 63.8 Å². The van der Waals surface area contributed by atoms with E-state index in [2.05, 4.69) is 22.5 Å². The van der Waals surface area contributed by atoms with Crippen molar-refractivity contribution in [1.82, 2.24) is 20.2 Å². The van der Waals surface area contributed by atoms with Crippen LogP contribution >= 0.6 is 0 Å². The number of aromatic nitrogens is 2. The minimum absolute atomic E-state index is 0.00223. The van der Waals surface area contributed by atoms with E-state index in [0.717, 1.165) is 25.7 Å². The van der Waals surface area contributed by atoms with Gasteiger partial charge in [0.2, 0.25) is 5.91 Å². The molecule has 1 aliphatic heterocycles. The Labute approximate surface area is 131 Å². The second-order valence-electron chi connectivity index (χ2n) is 6.97. The Kier molecular flexibility index (Phi) is 4.49. The molecule has 2 heterocycles. The summed E-state index contributed by atoms with van der Waals surface area (Å²) in [4.78, 5) is 15.9. The summed E-state index contributed by atoms with van der Waals surface area (Å²) in [7, 11) is 0. The molecule has 2 fully saturated rings. The van der Waals surface area contributed by atoms with Crippen LogP contribution in [0.1, 0.15) is 39.0 Å². The summed E-state index contributed by atoms with van der Waals surface area (Å²) in [5.74, 6) is -0.00223. The summed E-state index contributed by atoms with van der Waals surface area (Å²) >= 11 is 0. The molecular formula is C16H26N4O2. The van der Waals surface area contributed by atoms with E-state index in [0.29, 0.717) is 19.1 Å². The molecule has 3 N–H and O–H groups in total. The van der Waals surface area contributed by atoms with Gasteiger partial charge in [-0.3, -0.25) is 4.79 Å². The maximum atomic E-state index is 11.9. The molecule has 22 heavy (non-hydrogen) atoms. The Balaban J connectivity index is 1.51. The third-order valence-corrected chi connectivity index (χ3v) is 5.33. The van der Waals surface area contributed by atoms with Crippen molar-refractivity contribution in [2.75, 3.05) is 6.54 Å². The van der Waals surface area contributed by atoms with E-state index in [1.165, 1.54) is 6.42 Å². The number of aliphatic hydroxyl groups is 1. The number of carbonyl (C=O) groups is 1. The number of amides is 1. The molecule has 2 aliphatic rings. The van der Waals surface area contributed by atoms with Gasteiger partial charge < -0.3 is 20.3 Å². The van der Waals surface area contributed by atoms with E-state index in [4.69, 9.17) is 0 Å². The maximum Gasteiger partial charge on any atom is 0.240 e. The molecule has 6 heteroatoms. The molecule has 122 valence electrons. The van der Waals surface area contributed by atoms with Crippen molar-refractivity contribution in [3.05, 3.63) is 18.7 Å². The SMILES string of the molecule is C[C@@]12C[C@H](CNC(=O)Cn3ccnc3)N[C@@H]1CCCC[C@@H]2O. The summed E-state index contributed by atoms with van der Waals surface area (Å²) in [5.41, 5.74) is -0.0593. The number of hydrogen-bond acceptors (Lipinski definition) is 4. The zero-order valence-electron chi connectivity index (χ0n) is 13.2. The Morgan fingerprint density at radius 3 is 3.09 bits per heavy atom. The van der Waals surface area contributed by atoms with Crippen LogP contribution in [0.2, 0.25) is 0 Å². The average Bonchev–Trinajstić information content (AvgIpc) is 3.07. The molecule has 1 aromatic heterocycles. The van der Waals surface area contributed by atoms with Crippen LogP contribution in [0.3, 0.4) is 0 Å². The number of rotatable bonds is 4. The molecule has 1 amide bonds. The summed E-state index contributed by atoms with van der Waals surface area (Å²) in [6, 6.07) is 0.607. The lowest BCUT2D eigenvalue weighted by atomic mass is 9.75. The van der Waals surface area contributed by atoms with Crippen molar-refractivity contribution >= 4 is 5.91 Å². The predicted molar refractivity (Wildman–Crippen MR) is 83.1 cm³/mol. The third-order valence-electron chi connectivity index (χ3n) is 5.33. The van der Waals surface area contributed by atoms with Gasteiger partial charge in [-0.05, 0) is 19.3 Å². The quantitative estimate of drug-likeness (QED) is 0.764. The monoisotopic (exact) mass is 306 g/mol. The van der Waals surface area contributed by atoms with Crippen LogP contribution in [-0.2, 0) is 11.3 Å². The van der Waals surface area contributed by atoms with E-state index in [9.17, 15) is 9.90 Å². The van der Waals surface area contributed by atoms with Gasteiger partial charge in [0.05, 0.1) is 12.4 Å². The maximum absolute atomic E-state index is 11.9. The van der Waals surface area contributed by atoms with Gasteiger partial charge in [0.25, 0.3) is 0 Å². The molecule has 1 saturated carbocycles. The van der Waals surface area contributed by atoms with Crippen LogP contribution < -0.4 is 10.6 Å². The number of hydrogen-bond donors (Lipinski definition) is 3. The number of nitrogens with zero attached hydrogens (tertiary/aromatic N) is 2. The minimum atomic E-state index is -0.237. The van der Waals surface area contributed by atoms with Gasteiger partial charge in [-0.1, -0.05) is 19.8 Å². The highest BCUT2D eigenvalue weighted by atomic mass is 16.3. The normalized spacial score (nSPS) is 34.9. The number of carbonyl (C=O) groups excluding carboxylic acids is 1. The van der Waals surface area contributed by atoms with E-state index >= 15 is 0 Å². The van der Waals surface area contributed by atoms with E-state index < -0.39 is 0 Å². The standard InChI is InChI=1S/C16H26N4O2/c1-16-8-12(19-13(16)4-2-3-5-14(16)21)9-18-15(22)10-20-7-6-17-11-20/h6-7,11-14,19,21H,2-5,8-10H2,1H3,(H,18,22)/t12-,13-,14+,16-/m1/s1. The van der Waals surface area contributed by atoms with Crippen molar-refractivity contribution in [2.24, 2.45) is 5.41 Å². The Hall–Kier alpha value is -1.40. The van der Waals surface area contributed by atoms with Gasteiger partial charge in [-0.2, -0.15) is 0 Å². The lowest BCUT2D eigenvalue weighted by Gasteiger charge is -2.33. The van der Waals surface area contributed by atoms with Crippen molar-refractivity contribution in [1.29, 1.82) is 0 Å². The molecule has 0 spiro atoms. The molecule has 6 nitrogen and oxygen atoms in total. The average molecular weight is 306 g/mol. The smallest absolute Gasteiger partial charge is 0.240 e. The van der Waals surface area contributed by atoms with Gasteiger partial charge in [-0.15, -0.1) is 0 Å². The highest BCUT2D eigenvalue weighted by molar-refractivity contribution is 5.75. The highest BCUT2D eigenvalue weighted by Crippen LogP contribution is 2.43.